The summed E-state index contributed by atoms with van der Waals surface area (Å²) >= 11 is 0. The summed E-state index contributed by atoms with van der Waals surface area (Å²) in [6.45, 7) is 0.882. The summed E-state index contributed by atoms with van der Waals surface area (Å²) in [6.07, 6.45) is 1.42. The lowest BCUT2D eigenvalue weighted by Crippen LogP contribution is -2.41. The summed E-state index contributed by atoms with van der Waals surface area (Å²) in [5.74, 6) is -1.30. The number of halogens is 1. The number of nitrogens with zero attached hydrogens (tertiary/aromatic N) is 1. The van der Waals surface area contributed by atoms with Gasteiger partial charge in [0.25, 0.3) is 5.91 Å². The van der Waals surface area contributed by atoms with E-state index in [4.69, 9.17) is 9.88 Å². The second-order valence-corrected chi connectivity index (χ2v) is 6.48. The number of rotatable bonds is 3. The third-order valence-corrected chi connectivity index (χ3v) is 4.47. The number of amides is 1. The molecule has 1 aliphatic rings. The quantitative estimate of drug-likeness (QED) is 0.890. The number of likely N-dealkylation sites (tertiary alicyclic amines) is 1. The molecule has 1 fully saturated rings. The molecule has 0 spiro atoms. The molecule has 0 atom stereocenters. The van der Waals surface area contributed by atoms with E-state index >= 15 is 0 Å². The number of hydrogen-bond donors (Lipinski definition) is 1. The number of carbonyl (C=O) groups is 1. The molecule has 21 heavy (non-hydrogen) atoms. The van der Waals surface area contributed by atoms with E-state index in [1.165, 1.54) is 4.90 Å². The summed E-state index contributed by atoms with van der Waals surface area (Å²) in [4.78, 5) is 13.5. The van der Waals surface area contributed by atoms with Crippen molar-refractivity contribution < 1.29 is 22.3 Å². The van der Waals surface area contributed by atoms with Crippen molar-refractivity contribution in [1.82, 2.24) is 4.90 Å². The fourth-order valence-corrected chi connectivity index (χ4v) is 2.85. The normalized spacial score (nSPS) is 17.0. The minimum Gasteiger partial charge on any atom is -0.381 e. The highest BCUT2D eigenvalue weighted by Crippen LogP contribution is 2.19. The summed E-state index contributed by atoms with van der Waals surface area (Å²) in [5, 5.41) is 5.00. The van der Waals surface area contributed by atoms with Crippen LogP contribution in [0.4, 0.5) is 4.39 Å². The lowest BCUT2D eigenvalue weighted by molar-refractivity contribution is 0.0348. The molecule has 6 nitrogen and oxygen atoms in total. The van der Waals surface area contributed by atoms with Crippen LogP contribution < -0.4 is 5.14 Å². The van der Waals surface area contributed by atoms with Gasteiger partial charge in [-0.25, -0.2) is 17.9 Å². The molecule has 0 aromatic heterocycles. The van der Waals surface area contributed by atoms with Crippen LogP contribution in [0, 0.1) is 5.82 Å². The molecule has 0 bridgehead atoms. The van der Waals surface area contributed by atoms with Crippen LogP contribution in [0.5, 0.6) is 0 Å². The Morgan fingerprint density at radius 2 is 2.00 bits per heavy atom. The van der Waals surface area contributed by atoms with Crippen LogP contribution >= 0.6 is 0 Å². The molecule has 1 heterocycles. The van der Waals surface area contributed by atoms with E-state index in [1.807, 2.05) is 0 Å². The molecule has 1 aliphatic heterocycles. The molecular weight excluding hydrogens is 299 g/mol. The lowest BCUT2D eigenvalue weighted by Gasteiger charge is -2.31. The average Bonchev–Trinajstić information content (AvgIpc) is 2.46. The Balaban J connectivity index is 2.23. The van der Waals surface area contributed by atoms with E-state index < -0.39 is 21.7 Å². The van der Waals surface area contributed by atoms with Gasteiger partial charge in [-0.1, -0.05) is 0 Å². The Morgan fingerprint density at radius 1 is 1.38 bits per heavy atom. The zero-order valence-electron chi connectivity index (χ0n) is 11.6. The molecule has 0 unspecified atom stereocenters. The number of primary sulfonamides is 1. The van der Waals surface area contributed by atoms with Gasteiger partial charge in [-0.3, -0.25) is 4.79 Å². The SMILES string of the molecule is COC1CCN(C(=O)c2cc(S(N)(=O)=O)ccc2F)CC1. The van der Waals surface area contributed by atoms with Crippen molar-refractivity contribution in [1.29, 1.82) is 0 Å². The molecule has 0 aliphatic carbocycles. The van der Waals surface area contributed by atoms with Gasteiger partial charge >= 0.3 is 0 Å². The molecule has 0 radical (unpaired) electrons. The highest BCUT2D eigenvalue weighted by atomic mass is 32.2. The molecule has 0 saturated carbocycles. The topological polar surface area (TPSA) is 89.7 Å². The maximum Gasteiger partial charge on any atom is 0.256 e. The van der Waals surface area contributed by atoms with E-state index in [2.05, 4.69) is 0 Å². The molecule has 1 saturated heterocycles. The van der Waals surface area contributed by atoms with Crippen molar-refractivity contribution in [2.45, 2.75) is 23.8 Å². The van der Waals surface area contributed by atoms with Crippen LogP contribution in [0.3, 0.4) is 0 Å². The summed E-state index contributed by atoms with van der Waals surface area (Å²) in [6, 6.07) is 2.96. The highest BCUT2D eigenvalue weighted by molar-refractivity contribution is 7.89. The van der Waals surface area contributed by atoms with Crippen molar-refractivity contribution in [2.24, 2.45) is 5.14 Å². The Morgan fingerprint density at radius 3 is 2.52 bits per heavy atom. The van der Waals surface area contributed by atoms with Crippen molar-refractivity contribution >= 4 is 15.9 Å². The minimum atomic E-state index is -3.98. The Hall–Kier alpha value is -1.51. The summed E-state index contributed by atoms with van der Waals surface area (Å²) in [5.41, 5.74) is -0.280. The smallest absolute Gasteiger partial charge is 0.256 e. The van der Waals surface area contributed by atoms with E-state index in [-0.39, 0.29) is 16.6 Å². The first kappa shape index (κ1) is 15.9. The van der Waals surface area contributed by atoms with Crippen molar-refractivity contribution in [3.05, 3.63) is 29.6 Å². The standard InChI is InChI=1S/C13H17FN2O4S/c1-20-9-4-6-16(7-5-9)13(17)11-8-10(21(15,18)19)2-3-12(11)14/h2-3,8-9H,4-7H2,1H3,(H2,15,18,19). The fourth-order valence-electron chi connectivity index (χ4n) is 2.31. The van der Waals surface area contributed by atoms with Crippen LogP contribution in [0.25, 0.3) is 0 Å². The Bertz CT molecular complexity index is 640. The van der Waals surface area contributed by atoms with Gasteiger partial charge in [-0.05, 0) is 31.0 Å². The first-order valence-corrected chi connectivity index (χ1v) is 8.02. The van der Waals surface area contributed by atoms with Crippen LogP contribution in [0.1, 0.15) is 23.2 Å². The van der Waals surface area contributed by atoms with Crippen LogP contribution in [0.15, 0.2) is 23.1 Å². The maximum atomic E-state index is 13.8. The van der Waals surface area contributed by atoms with Crippen molar-refractivity contribution in [3.8, 4) is 0 Å². The van der Waals surface area contributed by atoms with Crippen molar-refractivity contribution in [2.75, 3.05) is 20.2 Å². The predicted molar refractivity (Wildman–Crippen MR) is 73.7 cm³/mol. The van der Waals surface area contributed by atoms with E-state index in [9.17, 15) is 17.6 Å². The third kappa shape index (κ3) is 3.58. The molecule has 116 valence electrons. The van der Waals surface area contributed by atoms with Gasteiger partial charge in [0.05, 0.1) is 16.6 Å². The number of benzene rings is 1. The maximum absolute atomic E-state index is 13.8. The third-order valence-electron chi connectivity index (χ3n) is 3.56. The van der Waals surface area contributed by atoms with Gasteiger partial charge in [0.2, 0.25) is 10.0 Å². The van der Waals surface area contributed by atoms with Gasteiger partial charge in [-0.2, -0.15) is 0 Å². The number of nitrogens with two attached hydrogens (primary N) is 1. The van der Waals surface area contributed by atoms with E-state index in [1.54, 1.807) is 7.11 Å². The van der Waals surface area contributed by atoms with Crippen LogP contribution in [-0.4, -0.2) is 45.5 Å². The molecular formula is C13H17FN2O4S. The fraction of sp³-hybridized carbons (Fsp3) is 0.462. The van der Waals surface area contributed by atoms with Gasteiger partial charge < -0.3 is 9.64 Å². The lowest BCUT2D eigenvalue weighted by atomic mass is 10.1. The van der Waals surface area contributed by atoms with E-state index in [0.717, 1.165) is 18.2 Å². The number of methoxy groups -OCH3 is 1. The zero-order chi connectivity index (χ0) is 15.6. The second kappa shape index (κ2) is 6.08. The summed E-state index contributed by atoms with van der Waals surface area (Å²) < 4.78 is 41.6. The summed E-state index contributed by atoms with van der Waals surface area (Å²) in [7, 11) is -2.37. The predicted octanol–water partition coefficient (Wildman–Crippen LogP) is 0.724. The largest absolute Gasteiger partial charge is 0.381 e. The number of piperidine rings is 1. The van der Waals surface area contributed by atoms with Crippen molar-refractivity contribution in [3.63, 3.8) is 0 Å². The van der Waals surface area contributed by atoms with Gasteiger partial charge in [0.1, 0.15) is 5.82 Å². The monoisotopic (exact) mass is 316 g/mol. The average molecular weight is 316 g/mol. The van der Waals surface area contributed by atoms with Crippen LogP contribution in [0.2, 0.25) is 0 Å². The molecule has 1 aromatic rings. The van der Waals surface area contributed by atoms with Gasteiger partial charge in [-0.15, -0.1) is 0 Å². The first-order valence-electron chi connectivity index (χ1n) is 6.47. The van der Waals surface area contributed by atoms with E-state index in [0.29, 0.717) is 25.9 Å². The van der Waals surface area contributed by atoms with Gasteiger partial charge in [0.15, 0.2) is 0 Å². The highest BCUT2D eigenvalue weighted by Gasteiger charge is 2.26. The number of sulfonamides is 1. The zero-order valence-corrected chi connectivity index (χ0v) is 12.4. The van der Waals surface area contributed by atoms with Crippen LogP contribution in [-0.2, 0) is 14.8 Å². The Labute approximate surface area is 122 Å². The number of hydrogen-bond acceptors (Lipinski definition) is 4. The van der Waals surface area contributed by atoms with Gasteiger partial charge in [0, 0.05) is 20.2 Å². The first-order chi connectivity index (χ1) is 9.82. The number of carbonyl (C=O) groups excluding carboxylic acids is 1. The Kier molecular flexibility index (Phi) is 4.60. The molecule has 1 aromatic carbocycles. The number of ether oxygens (including phenoxy) is 1. The second-order valence-electron chi connectivity index (χ2n) is 4.91. The molecule has 1 amide bonds. The molecule has 2 N–H and O–H groups in total. The minimum absolute atomic E-state index is 0.0923. The molecule has 2 rings (SSSR count). The molecule has 8 heteroatoms.